The number of hydrogen-bond donors (Lipinski definition) is 0. The highest BCUT2D eigenvalue weighted by Gasteiger charge is 2.49. The van der Waals surface area contributed by atoms with Gasteiger partial charge in [-0.1, -0.05) is 0 Å². The third-order valence-electron chi connectivity index (χ3n) is 4.81. The van der Waals surface area contributed by atoms with Crippen molar-refractivity contribution in [3.05, 3.63) is 18.0 Å². The van der Waals surface area contributed by atoms with E-state index in [1.807, 2.05) is 0 Å². The van der Waals surface area contributed by atoms with Crippen molar-refractivity contribution in [3.8, 4) is 5.75 Å². The third-order valence-corrected chi connectivity index (χ3v) is 4.81. The van der Waals surface area contributed by atoms with Gasteiger partial charge in [-0.2, -0.15) is 18.3 Å². The molecule has 128 valence electrons. The number of ether oxygens (including phenoxy) is 2. The first-order chi connectivity index (χ1) is 10.9. The number of fused-ring (bicyclic) bond motifs is 1. The number of hydrogen-bond acceptors (Lipinski definition) is 5. The number of rotatable bonds is 5. The molecule has 1 aromatic rings. The second kappa shape index (κ2) is 6.24. The first-order valence-electron chi connectivity index (χ1n) is 7.73. The molecule has 5 nitrogen and oxygen atoms in total. The van der Waals surface area contributed by atoms with E-state index in [1.54, 1.807) is 7.11 Å². The maximum atomic E-state index is 12.6. The molecule has 0 amide bonds. The summed E-state index contributed by atoms with van der Waals surface area (Å²) in [6, 6.07) is 1.10. The Morgan fingerprint density at radius 1 is 1.39 bits per heavy atom. The van der Waals surface area contributed by atoms with Crippen LogP contribution < -0.4 is 4.74 Å². The van der Waals surface area contributed by atoms with Gasteiger partial charge >= 0.3 is 6.18 Å². The van der Waals surface area contributed by atoms with Crippen molar-refractivity contribution in [1.82, 2.24) is 15.1 Å². The van der Waals surface area contributed by atoms with Crippen LogP contribution in [-0.2, 0) is 10.9 Å². The molecule has 0 aliphatic carbocycles. The molecule has 1 aromatic heterocycles. The van der Waals surface area contributed by atoms with E-state index >= 15 is 0 Å². The van der Waals surface area contributed by atoms with Gasteiger partial charge in [0.25, 0.3) is 0 Å². The van der Waals surface area contributed by atoms with Crippen LogP contribution in [0.15, 0.2) is 12.3 Å². The largest absolute Gasteiger partial charge is 0.490 e. The summed E-state index contributed by atoms with van der Waals surface area (Å²) in [5.74, 6) is 0.107. The highest BCUT2D eigenvalue weighted by Crippen LogP contribution is 2.42. The molecule has 3 rings (SSSR count). The van der Waals surface area contributed by atoms with E-state index in [1.165, 1.54) is 6.20 Å². The Morgan fingerprint density at radius 3 is 2.96 bits per heavy atom. The van der Waals surface area contributed by atoms with Crippen molar-refractivity contribution < 1.29 is 22.6 Å². The van der Waals surface area contributed by atoms with Crippen LogP contribution in [0, 0.1) is 0 Å². The number of halogens is 3. The first-order valence-corrected chi connectivity index (χ1v) is 7.73. The molecule has 2 fully saturated rings. The van der Waals surface area contributed by atoms with Gasteiger partial charge in [-0.25, -0.2) is 0 Å². The van der Waals surface area contributed by atoms with Crippen LogP contribution in [0.25, 0.3) is 0 Å². The summed E-state index contributed by atoms with van der Waals surface area (Å²) in [6.45, 7) is 2.03. The van der Waals surface area contributed by atoms with Crippen molar-refractivity contribution in [2.24, 2.45) is 0 Å². The van der Waals surface area contributed by atoms with Crippen LogP contribution in [0.3, 0.4) is 0 Å². The number of methoxy groups -OCH3 is 1. The van der Waals surface area contributed by atoms with E-state index in [4.69, 9.17) is 9.47 Å². The minimum absolute atomic E-state index is 0.0798. The molecule has 23 heavy (non-hydrogen) atoms. The molecule has 2 aliphatic heterocycles. The van der Waals surface area contributed by atoms with E-state index in [0.29, 0.717) is 13.2 Å². The van der Waals surface area contributed by atoms with Gasteiger partial charge in [0.2, 0.25) is 0 Å². The van der Waals surface area contributed by atoms with Gasteiger partial charge in [-0.15, -0.1) is 5.10 Å². The van der Waals surface area contributed by atoms with Crippen molar-refractivity contribution in [3.63, 3.8) is 0 Å². The summed E-state index contributed by atoms with van der Waals surface area (Å²) in [5.41, 5.74) is -0.951. The average molecular weight is 331 g/mol. The monoisotopic (exact) mass is 331 g/mol. The van der Waals surface area contributed by atoms with Crippen molar-refractivity contribution in [2.75, 3.05) is 26.9 Å². The molecule has 0 unspecified atom stereocenters. The smallest absolute Gasteiger partial charge is 0.435 e. The molecule has 2 saturated heterocycles. The van der Waals surface area contributed by atoms with E-state index in [9.17, 15) is 13.2 Å². The Labute approximate surface area is 132 Å². The Kier molecular flexibility index (Phi) is 4.46. The Morgan fingerprint density at radius 2 is 2.22 bits per heavy atom. The molecule has 0 N–H and O–H groups in total. The SMILES string of the molecule is COC[C@@]12CCCN1[C@H](COc1cnnc(C(F)(F)F)c1)CC2. The van der Waals surface area contributed by atoms with E-state index < -0.39 is 11.9 Å². The molecular formula is C15H20F3N3O2. The summed E-state index contributed by atoms with van der Waals surface area (Å²) in [7, 11) is 1.70. The number of aromatic nitrogens is 2. The maximum absolute atomic E-state index is 12.6. The minimum Gasteiger partial charge on any atom is -0.490 e. The van der Waals surface area contributed by atoms with Gasteiger partial charge in [0.05, 0.1) is 12.8 Å². The predicted octanol–water partition coefficient (Wildman–Crippen LogP) is 2.52. The van der Waals surface area contributed by atoms with Crippen molar-refractivity contribution in [1.29, 1.82) is 0 Å². The van der Waals surface area contributed by atoms with Crippen LogP contribution in [0.5, 0.6) is 5.75 Å². The highest BCUT2D eigenvalue weighted by molar-refractivity contribution is 5.21. The second-order valence-electron chi connectivity index (χ2n) is 6.23. The first kappa shape index (κ1) is 16.4. The van der Waals surface area contributed by atoms with Gasteiger partial charge in [-0.3, -0.25) is 4.90 Å². The summed E-state index contributed by atoms with van der Waals surface area (Å²) >= 11 is 0. The second-order valence-corrected chi connectivity index (χ2v) is 6.23. The average Bonchev–Trinajstić information content (AvgIpc) is 3.04. The van der Waals surface area contributed by atoms with E-state index in [-0.39, 0.29) is 17.3 Å². The lowest BCUT2D eigenvalue weighted by Crippen LogP contribution is -2.47. The minimum atomic E-state index is -4.51. The zero-order valence-corrected chi connectivity index (χ0v) is 13.0. The van der Waals surface area contributed by atoms with Crippen LogP contribution in [0.2, 0.25) is 0 Å². The van der Waals surface area contributed by atoms with Gasteiger partial charge in [0.15, 0.2) is 5.69 Å². The lowest BCUT2D eigenvalue weighted by molar-refractivity contribution is -0.141. The maximum Gasteiger partial charge on any atom is 0.435 e. The zero-order valence-electron chi connectivity index (χ0n) is 13.0. The molecular weight excluding hydrogens is 311 g/mol. The zero-order chi connectivity index (χ0) is 16.5. The third kappa shape index (κ3) is 3.28. The Bertz CT molecular complexity index is 555. The van der Waals surface area contributed by atoms with E-state index in [2.05, 4.69) is 15.1 Å². The molecule has 0 aromatic carbocycles. The van der Waals surface area contributed by atoms with Gasteiger partial charge in [0.1, 0.15) is 12.4 Å². The van der Waals surface area contributed by atoms with E-state index in [0.717, 1.165) is 38.3 Å². The van der Waals surface area contributed by atoms with Crippen LogP contribution >= 0.6 is 0 Å². The van der Waals surface area contributed by atoms with Crippen molar-refractivity contribution in [2.45, 2.75) is 43.4 Å². The normalized spacial score (nSPS) is 28.1. The number of alkyl halides is 3. The lowest BCUT2D eigenvalue weighted by atomic mass is 9.95. The molecule has 8 heteroatoms. The highest BCUT2D eigenvalue weighted by atomic mass is 19.4. The molecule has 0 saturated carbocycles. The molecule has 3 heterocycles. The van der Waals surface area contributed by atoms with Crippen LogP contribution in [-0.4, -0.2) is 53.5 Å². The lowest BCUT2D eigenvalue weighted by Gasteiger charge is -2.34. The number of nitrogens with zero attached hydrogens (tertiary/aromatic N) is 3. The Balaban J connectivity index is 1.63. The molecule has 0 spiro atoms. The summed E-state index contributed by atoms with van der Waals surface area (Å²) in [4.78, 5) is 2.40. The van der Waals surface area contributed by atoms with Crippen LogP contribution in [0.1, 0.15) is 31.4 Å². The quantitative estimate of drug-likeness (QED) is 0.830. The van der Waals surface area contributed by atoms with Gasteiger partial charge in [0, 0.05) is 24.8 Å². The summed E-state index contributed by atoms with van der Waals surface area (Å²) in [6.07, 6.45) is 0.936. The Hall–Kier alpha value is -1.41. The molecule has 0 bridgehead atoms. The molecule has 2 aliphatic rings. The van der Waals surface area contributed by atoms with Crippen molar-refractivity contribution >= 4 is 0 Å². The van der Waals surface area contributed by atoms with Gasteiger partial charge < -0.3 is 9.47 Å². The fourth-order valence-corrected chi connectivity index (χ4v) is 3.82. The molecule has 2 atom stereocenters. The van der Waals surface area contributed by atoms with Gasteiger partial charge in [-0.05, 0) is 32.2 Å². The van der Waals surface area contributed by atoms with Crippen LogP contribution in [0.4, 0.5) is 13.2 Å². The summed E-state index contributed by atoms with van der Waals surface area (Å²) < 4.78 is 48.9. The summed E-state index contributed by atoms with van der Waals surface area (Å²) in [5, 5.41) is 6.47. The predicted molar refractivity (Wildman–Crippen MR) is 76.1 cm³/mol. The standard InChI is InChI=1S/C15H20F3N3O2/c1-22-10-14-4-2-6-21(14)11(3-5-14)9-23-12-7-13(15(16,17)18)20-19-8-12/h7-8,11H,2-6,9-10H2,1H3/t11-,14-/m0/s1. The topological polar surface area (TPSA) is 47.5 Å². The fraction of sp³-hybridized carbons (Fsp3) is 0.733. The fourth-order valence-electron chi connectivity index (χ4n) is 3.82. The molecule has 0 radical (unpaired) electrons.